The molecule has 1 saturated heterocycles. The third-order valence-electron chi connectivity index (χ3n) is 23.0. The zero-order valence-corrected chi connectivity index (χ0v) is 69.0. The molecule has 3 aromatic carbocycles. The normalized spacial score (nSPS) is 22.6. The van der Waals surface area contributed by atoms with E-state index in [9.17, 15) is 94.6 Å². The van der Waals surface area contributed by atoms with Gasteiger partial charge in [-0.05, 0) is 153 Å². The molecule has 119 heavy (non-hydrogen) atoms. The van der Waals surface area contributed by atoms with Gasteiger partial charge in [-0.25, -0.2) is 24.4 Å². The predicted octanol–water partition coefficient (Wildman–Crippen LogP) is 6.54. The fourth-order valence-corrected chi connectivity index (χ4v) is 19.3. The molecule has 7 aromatic rings. The fraction of sp³-hybridized carbons (Fsp3) is 0.506. The number of ketones is 2. The minimum atomic E-state index is -4.65. The van der Waals surface area contributed by atoms with Crippen molar-refractivity contribution in [2.24, 2.45) is 29.1 Å². The zero-order valence-electron chi connectivity index (χ0n) is 66.5. The number of aliphatic hydroxyl groups excluding tert-OH is 3. The maximum atomic E-state index is 14.4. The molecule has 5 amide bonds. The van der Waals surface area contributed by atoms with Crippen LogP contribution in [0.4, 0.5) is 15.7 Å². The van der Waals surface area contributed by atoms with Crippen LogP contribution < -0.4 is 15.5 Å². The Kier molecular flexibility index (Phi) is 27.3. The Labute approximate surface area is 690 Å². The zero-order chi connectivity index (χ0) is 85.7. The number of hydrogen-bond donors (Lipinski definition) is 9. The smallest absolute Gasteiger partial charge is 0.410 e. The number of pyridine rings is 1. The molecule has 4 aromatic heterocycles. The summed E-state index contributed by atoms with van der Waals surface area (Å²) in [5.74, 6) is -8.78. The molecule has 9 N–H and O–H groups in total. The summed E-state index contributed by atoms with van der Waals surface area (Å²) in [4.78, 5) is 135. The van der Waals surface area contributed by atoms with E-state index >= 15 is 0 Å². The van der Waals surface area contributed by atoms with E-state index < -0.39 is 165 Å². The van der Waals surface area contributed by atoms with E-state index in [2.05, 4.69) is 39.8 Å². The Morgan fingerprint density at radius 2 is 1.58 bits per heavy atom. The first kappa shape index (κ1) is 88.1. The van der Waals surface area contributed by atoms with Crippen molar-refractivity contribution in [2.45, 2.75) is 193 Å². The number of nitrogens with zero attached hydrogens (tertiary/aromatic N) is 10. The largest absolute Gasteiger partial charge is 0.479 e. The number of ether oxygens (including phenoxy) is 3. The predicted molar refractivity (Wildman–Crippen MR) is 429 cm³/mol. The molecule has 3 fully saturated rings. The van der Waals surface area contributed by atoms with Crippen molar-refractivity contribution in [1.82, 2.24) is 49.9 Å². The van der Waals surface area contributed by atoms with Crippen LogP contribution in [0.15, 0.2) is 97.3 Å². The summed E-state index contributed by atoms with van der Waals surface area (Å²) in [5.41, 5.74) is 4.66. The van der Waals surface area contributed by atoms with Gasteiger partial charge in [-0.15, -0.1) is 5.10 Å². The molecule has 0 radical (unpaired) electrons. The Hall–Kier alpha value is -10.2. The molecule has 38 heteroatoms. The second-order valence-electron chi connectivity index (χ2n) is 32.5. The number of thiazole rings is 1. The molecule has 12 rings (SSSR count). The van der Waals surface area contributed by atoms with Crippen LogP contribution in [0.25, 0.3) is 21.3 Å². The summed E-state index contributed by atoms with van der Waals surface area (Å²) < 4.78 is 88.9. The van der Waals surface area contributed by atoms with E-state index in [1.807, 2.05) is 52.9 Å². The van der Waals surface area contributed by atoms with Gasteiger partial charge in [-0.1, -0.05) is 86.7 Å². The van der Waals surface area contributed by atoms with Crippen LogP contribution >= 0.6 is 11.3 Å². The number of Topliss-reactive ketones (excluding diaryl/α,β-unsaturated/α-hetero) is 2. The number of anilines is 2. The number of aryl methyl sites for hydroxylation is 2. The van der Waals surface area contributed by atoms with Crippen LogP contribution in [0.2, 0.25) is 0 Å². The van der Waals surface area contributed by atoms with Crippen LogP contribution in [0.3, 0.4) is 0 Å². The lowest BCUT2D eigenvalue weighted by atomic mass is 9.55. The van der Waals surface area contributed by atoms with E-state index in [-0.39, 0.29) is 79.9 Å². The Morgan fingerprint density at radius 3 is 2.29 bits per heavy atom. The van der Waals surface area contributed by atoms with Crippen LogP contribution in [0.5, 0.6) is 0 Å². The number of benzene rings is 3. The van der Waals surface area contributed by atoms with Gasteiger partial charge in [0.05, 0.1) is 64.5 Å². The van der Waals surface area contributed by atoms with Crippen molar-refractivity contribution in [1.29, 1.82) is 0 Å². The minimum Gasteiger partial charge on any atom is -0.479 e. The average molecular weight is 1700 g/mol. The van der Waals surface area contributed by atoms with Gasteiger partial charge in [0.2, 0.25) is 5.91 Å². The first-order valence-electron chi connectivity index (χ1n) is 39.4. The number of aliphatic hydroxyl groups is 3. The molecule has 0 spiro atoms. The maximum Gasteiger partial charge on any atom is 0.410 e. The molecule has 5 aliphatic rings. The van der Waals surface area contributed by atoms with E-state index in [4.69, 9.17) is 24.3 Å². The number of nitrogens with one attached hydrogen (secondary N) is 2. The Balaban J connectivity index is 0.700. The van der Waals surface area contributed by atoms with Crippen molar-refractivity contribution in [3.05, 3.63) is 148 Å². The first-order valence-corrected chi connectivity index (χ1v) is 43.4. The van der Waals surface area contributed by atoms with Crippen LogP contribution in [0, 0.1) is 36.0 Å². The number of hydrogen-bond acceptors (Lipinski definition) is 26. The second kappa shape index (κ2) is 36.8. The number of imide groups is 1. The Bertz CT molecular complexity index is 5250. The van der Waals surface area contributed by atoms with Gasteiger partial charge < -0.3 is 54.9 Å². The number of carboxylic acid groups (broad SMARTS) is 2. The topological polar surface area (TPSA) is 499 Å². The average Bonchev–Trinajstić information content (AvgIpc) is 1.53. The van der Waals surface area contributed by atoms with Crippen molar-refractivity contribution >= 4 is 106 Å². The first-order chi connectivity index (χ1) is 56.3. The Morgan fingerprint density at radius 1 is 0.832 bits per heavy atom. The third-order valence-corrected chi connectivity index (χ3v) is 25.5. The number of rotatable bonds is 36. The highest BCUT2D eigenvalue weighted by Crippen LogP contribution is 2.56. The van der Waals surface area contributed by atoms with E-state index in [0.29, 0.717) is 95.3 Å². The molecule has 3 aliphatic heterocycles. The maximum absolute atomic E-state index is 14.4. The van der Waals surface area contributed by atoms with Crippen molar-refractivity contribution in [3.63, 3.8) is 0 Å². The summed E-state index contributed by atoms with van der Waals surface area (Å²) in [6.07, 6.45) is -2.44. The van der Waals surface area contributed by atoms with Gasteiger partial charge in [0.25, 0.3) is 38.0 Å². The van der Waals surface area contributed by atoms with Gasteiger partial charge in [-0.3, -0.25) is 57.5 Å². The highest BCUT2D eigenvalue weighted by molar-refractivity contribution is 7.86. The molecular weight excluding hydrogens is 1610 g/mol. The summed E-state index contributed by atoms with van der Waals surface area (Å²) in [5, 5.41) is 71.8. The number of aromatic nitrogens is 7. The number of para-hydroxylation sites is 1. The van der Waals surface area contributed by atoms with Crippen LogP contribution in [-0.4, -0.2) is 229 Å². The van der Waals surface area contributed by atoms with Gasteiger partial charge in [-0.2, -0.15) is 21.9 Å². The standard InChI is InChI=1S/C81H98N12O23S3/c1-45(2)57(33-54(94)34-62(93-67(96)21-22-68(93)97)61-42-91(88-87-61)24-10-29-118(108,109)110)75(102)83-47(4)63(95)32-49-15-16-53(52(31-49)17-19-64-70(98)71(99)72(100)73(116-64)77(105)106)43-114-79(107)89(27-30-119(111,112)113)26-28-115-81-36-46(3)35-80(6,44-81)37-50(38-81)40-92-48(5)58(39-82-92)55-18-20-66(85-69(55)76(103)104)90-25-23-51-11-9-12-56(59(51)41-90)74(101)86-78-84-60-13-7-8-14-65(60)117-78/h7-9,11-16,18,20-22,31,39,42,45-47,50,57,62,64,70-73,98-100H,10,17,19,23-30,32-38,40-41,43-44H2,1-6H3,(H,83,102)(H,103,104)(H,105,106)(H,84,86,101)(H,108,109,110)(H,111,112,113)/t46?,47-,50?,57-,62+,64-,70-,71+,72-,73-,80?,81?/m0/s1. The van der Waals surface area contributed by atoms with Crippen LogP contribution in [0.1, 0.15) is 158 Å². The van der Waals surface area contributed by atoms with Gasteiger partial charge >= 0.3 is 18.0 Å². The van der Waals surface area contributed by atoms with Crippen molar-refractivity contribution in [2.75, 3.05) is 48.0 Å². The summed E-state index contributed by atoms with van der Waals surface area (Å²) in [6, 6.07) is 18.9. The molecule has 7 heterocycles. The van der Waals surface area contributed by atoms with Gasteiger partial charge in [0, 0.05) is 99.0 Å². The molecule has 4 unspecified atom stereocenters. The molecule has 2 aliphatic carbocycles. The molecule has 638 valence electrons. The monoisotopic (exact) mass is 1700 g/mol. The van der Waals surface area contributed by atoms with Crippen LogP contribution in [-0.2, 0) is 109 Å². The third kappa shape index (κ3) is 21.5. The summed E-state index contributed by atoms with van der Waals surface area (Å²) in [6.45, 7) is 10.9. The molecule has 12 atom stereocenters. The van der Waals surface area contributed by atoms with E-state index in [1.165, 1.54) is 35.2 Å². The van der Waals surface area contributed by atoms with Gasteiger partial charge in [0.1, 0.15) is 42.2 Å². The number of carbonyl (C=O) groups is 9. The number of aromatic carboxylic acids is 1. The lowest BCUT2D eigenvalue weighted by Crippen LogP contribution is -2.59. The lowest BCUT2D eigenvalue weighted by Gasteiger charge is -2.55. The number of amides is 5. The highest BCUT2D eigenvalue weighted by atomic mass is 32.2. The lowest BCUT2D eigenvalue weighted by molar-refractivity contribution is -0.228. The van der Waals surface area contributed by atoms with Gasteiger partial charge in [0.15, 0.2) is 22.7 Å². The fourth-order valence-electron chi connectivity index (χ4n) is 17.5. The van der Waals surface area contributed by atoms with Crippen molar-refractivity contribution in [3.8, 4) is 11.1 Å². The highest BCUT2D eigenvalue weighted by Gasteiger charge is 2.52. The molecule has 35 nitrogen and oxygen atoms in total. The quantitative estimate of drug-likeness (QED) is 0.0149. The second-order valence-corrected chi connectivity index (χ2v) is 36.7. The molecule has 2 bridgehead atoms. The molecular formula is C81H98N12O23S3. The van der Waals surface area contributed by atoms with E-state index in [0.717, 1.165) is 56.1 Å². The summed E-state index contributed by atoms with van der Waals surface area (Å²) in [7, 11) is -8.95. The number of fused-ring (bicyclic) bond motifs is 4. The van der Waals surface area contributed by atoms with Crippen molar-refractivity contribution < 1.29 is 109 Å². The number of aliphatic carboxylic acids is 1. The van der Waals surface area contributed by atoms with E-state index in [1.54, 1.807) is 50.4 Å². The number of carbonyl (C=O) groups excluding carboxylic acids is 7. The number of carboxylic acids is 2. The SMILES string of the molecule is Cc1c(-c2ccc(N3CCc4cccc(C(=O)Nc5nc6ccccc6s5)c4C3)nc2C(=O)O)cnn1CC1CC2(C)CC(C)CC(OCCN(CCS(=O)(=O)O)C(=O)OCc3ccc(CC(=O)[C@H](C)NC(=O)[C@@H](CC(=O)C[C@H](c4cn(CCCS(=O)(=O)O)nn4)N4C(=O)C=CC4=O)C(C)C)cc3CC[C@@H]3O[C@H](C(=O)O)[C@@H](O)[C@H](O)[C@H]3O)(C1)C2. The molecule has 2 saturated carbocycles. The summed E-state index contributed by atoms with van der Waals surface area (Å²) >= 11 is 1.38. The minimum absolute atomic E-state index is 0.00890.